The lowest BCUT2D eigenvalue weighted by Gasteiger charge is -2.31. The fourth-order valence-corrected chi connectivity index (χ4v) is 2.95. The number of amides is 3. The van der Waals surface area contributed by atoms with Gasteiger partial charge < -0.3 is 21.1 Å². The van der Waals surface area contributed by atoms with Gasteiger partial charge in [-0.1, -0.05) is 26.7 Å². The predicted molar refractivity (Wildman–Crippen MR) is 90.1 cm³/mol. The predicted octanol–water partition coefficient (Wildman–Crippen LogP) is 0.293. The number of aliphatic hydroxyl groups is 1. The van der Waals surface area contributed by atoms with Crippen LogP contribution in [0.4, 0.5) is 4.79 Å². The molecule has 0 radical (unpaired) electrons. The number of carbonyl (C=O) groups excluding carboxylic acids is 2. The molecule has 1 rings (SSSR count). The highest BCUT2D eigenvalue weighted by Gasteiger charge is 2.22. The van der Waals surface area contributed by atoms with Crippen molar-refractivity contribution in [2.24, 2.45) is 5.92 Å². The van der Waals surface area contributed by atoms with Crippen molar-refractivity contribution >= 4 is 11.9 Å². The summed E-state index contributed by atoms with van der Waals surface area (Å²) in [6.45, 7) is 6.39. The average molecular weight is 328 g/mol. The fourth-order valence-electron chi connectivity index (χ4n) is 2.95. The maximum Gasteiger partial charge on any atom is 0.315 e. The number of carbonyl (C=O) groups is 2. The number of piperidine rings is 1. The van der Waals surface area contributed by atoms with E-state index >= 15 is 0 Å². The standard InChI is InChI=1S/C16H32N4O3/c1-4-12(5-2)14(21)10-18-16(23)19-13-6-8-20(9-7-13)11-15(22)17-3/h12-14,21H,4-11H2,1-3H3,(H,17,22)(H2,18,19,23). The van der Waals surface area contributed by atoms with Crippen LogP contribution in [0.1, 0.15) is 39.5 Å². The Labute approximate surface area is 139 Å². The average Bonchev–Trinajstić information content (AvgIpc) is 2.55. The van der Waals surface area contributed by atoms with Gasteiger partial charge in [-0.2, -0.15) is 0 Å². The summed E-state index contributed by atoms with van der Waals surface area (Å²) < 4.78 is 0. The quantitative estimate of drug-likeness (QED) is 0.515. The van der Waals surface area contributed by atoms with Crippen molar-refractivity contribution in [2.75, 3.05) is 33.2 Å². The molecular weight excluding hydrogens is 296 g/mol. The zero-order chi connectivity index (χ0) is 17.2. The molecule has 134 valence electrons. The highest BCUT2D eigenvalue weighted by molar-refractivity contribution is 5.77. The van der Waals surface area contributed by atoms with E-state index in [1.165, 1.54) is 0 Å². The Kier molecular flexibility index (Phi) is 8.94. The summed E-state index contributed by atoms with van der Waals surface area (Å²) in [5.41, 5.74) is 0. The molecule has 1 atom stereocenters. The molecule has 0 bridgehead atoms. The van der Waals surface area contributed by atoms with E-state index in [1.807, 2.05) is 13.8 Å². The minimum Gasteiger partial charge on any atom is -0.391 e. The molecular formula is C16H32N4O3. The maximum absolute atomic E-state index is 11.9. The molecule has 7 heteroatoms. The molecule has 23 heavy (non-hydrogen) atoms. The molecule has 0 aromatic carbocycles. The first-order valence-corrected chi connectivity index (χ1v) is 8.65. The number of likely N-dealkylation sites (tertiary alicyclic amines) is 1. The molecule has 0 spiro atoms. The largest absolute Gasteiger partial charge is 0.391 e. The number of nitrogens with zero attached hydrogens (tertiary/aromatic N) is 1. The molecule has 0 saturated carbocycles. The van der Waals surface area contributed by atoms with Crippen molar-refractivity contribution in [3.63, 3.8) is 0 Å². The smallest absolute Gasteiger partial charge is 0.315 e. The van der Waals surface area contributed by atoms with Gasteiger partial charge in [0.1, 0.15) is 0 Å². The van der Waals surface area contributed by atoms with E-state index in [1.54, 1.807) is 7.05 Å². The first-order valence-electron chi connectivity index (χ1n) is 8.65. The van der Waals surface area contributed by atoms with Crippen molar-refractivity contribution in [1.29, 1.82) is 0 Å². The van der Waals surface area contributed by atoms with Gasteiger partial charge in [-0.25, -0.2) is 4.79 Å². The number of likely N-dealkylation sites (N-methyl/N-ethyl adjacent to an activating group) is 1. The number of rotatable bonds is 8. The zero-order valence-electron chi connectivity index (χ0n) is 14.6. The third-order valence-electron chi connectivity index (χ3n) is 4.63. The number of hydrogen-bond acceptors (Lipinski definition) is 4. The van der Waals surface area contributed by atoms with Crippen molar-refractivity contribution < 1.29 is 14.7 Å². The van der Waals surface area contributed by atoms with Crippen LogP contribution in [0.25, 0.3) is 0 Å². The van der Waals surface area contributed by atoms with E-state index in [9.17, 15) is 14.7 Å². The van der Waals surface area contributed by atoms with Crippen LogP contribution in [-0.4, -0.2) is 67.3 Å². The topological polar surface area (TPSA) is 93.7 Å². The molecule has 1 fully saturated rings. The van der Waals surface area contributed by atoms with Crippen molar-refractivity contribution in [3.8, 4) is 0 Å². The molecule has 4 N–H and O–H groups in total. The van der Waals surface area contributed by atoms with E-state index < -0.39 is 6.10 Å². The minimum atomic E-state index is -0.495. The number of urea groups is 1. The van der Waals surface area contributed by atoms with Gasteiger partial charge in [0.15, 0.2) is 0 Å². The minimum absolute atomic E-state index is 0.0181. The Morgan fingerprint density at radius 2 is 1.83 bits per heavy atom. The van der Waals surface area contributed by atoms with Crippen LogP contribution < -0.4 is 16.0 Å². The van der Waals surface area contributed by atoms with Gasteiger partial charge in [0.2, 0.25) is 5.91 Å². The monoisotopic (exact) mass is 328 g/mol. The van der Waals surface area contributed by atoms with E-state index in [0.717, 1.165) is 38.8 Å². The highest BCUT2D eigenvalue weighted by Crippen LogP contribution is 2.12. The normalized spacial score (nSPS) is 17.8. The van der Waals surface area contributed by atoms with E-state index in [0.29, 0.717) is 6.54 Å². The summed E-state index contributed by atoms with van der Waals surface area (Å²) in [5, 5.41) is 18.3. The summed E-state index contributed by atoms with van der Waals surface area (Å²) in [6, 6.07) is -0.0963. The van der Waals surface area contributed by atoms with E-state index in [-0.39, 0.29) is 30.4 Å². The summed E-state index contributed by atoms with van der Waals surface area (Å²) in [6.07, 6.45) is 2.99. The maximum atomic E-state index is 11.9. The Morgan fingerprint density at radius 3 is 2.35 bits per heavy atom. The van der Waals surface area contributed by atoms with E-state index in [4.69, 9.17) is 0 Å². The fraction of sp³-hybridized carbons (Fsp3) is 0.875. The molecule has 1 saturated heterocycles. The van der Waals surface area contributed by atoms with Crippen LogP contribution in [0.15, 0.2) is 0 Å². The lowest BCUT2D eigenvalue weighted by molar-refractivity contribution is -0.122. The first-order chi connectivity index (χ1) is 11.0. The SMILES string of the molecule is CCC(CC)C(O)CNC(=O)NC1CCN(CC(=O)NC)CC1. The van der Waals surface area contributed by atoms with Crippen LogP contribution in [0.5, 0.6) is 0 Å². The Balaban J connectivity index is 2.22. The van der Waals surface area contributed by atoms with Gasteiger partial charge in [0.25, 0.3) is 0 Å². The van der Waals surface area contributed by atoms with Gasteiger partial charge in [-0.3, -0.25) is 9.69 Å². The zero-order valence-corrected chi connectivity index (χ0v) is 14.6. The molecule has 7 nitrogen and oxygen atoms in total. The summed E-state index contributed by atoms with van der Waals surface area (Å²) >= 11 is 0. The second kappa shape index (κ2) is 10.4. The lowest BCUT2D eigenvalue weighted by atomic mass is 9.97. The van der Waals surface area contributed by atoms with Gasteiger partial charge in [0.05, 0.1) is 12.6 Å². The van der Waals surface area contributed by atoms with Crippen LogP contribution in [0.2, 0.25) is 0 Å². The molecule has 3 amide bonds. The summed E-state index contributed by atoms with van der Waals surface area (Å²) in [5.74, 6) is 0.243. The summed E-state index contributed by atoms with van der Waals surface area (Å²) in [7, 11) is 1.64. The Hall–Kier alpha value is -1.34. The molecule has 0 aromatic rings. The van der Waals surface area contributed by atoms with Crippen LogP contribution in [0, 0.1) is 5.92 Å². The number of hydrogen-bond donors (Lipinski definition) is 4. The lowest BCUT2D eigenvalue weighted by Crippen LogP contribution is -2.50. The molecule has 1 heterocycles. The second-order valence-electron chi connectivity index (χ2n) is 6.22. The molecule has 1 aliphatic rings. The van der Waals surface area contributed by atoms with Crippen LogP contribution in [0.3, 0.4) is 0 Å². The van der Waals surface area contributed by atoms with Crippen molar-refractivity contribution in [2.45, 2.75) is 51.7 Å². The van der Waals surface area contributed by atoms with Gasteiger partial charge in [-0.15, -0.1) is 0 Å². The molecule has 1 aliphatic heterocycles. The molecule has 0 aromatic heterocycles. The van der Waals surface area contributed by atoms with Crippen LogP contribution >= 0.6 is 0 Å². The van der Waals surface area contributed by atoms with Gasteiger partial charge >= 0.3 is 6.03 Å². The third-order valence-corrected chi connectivity index (χ3v) is 4.63. The second-order valence-corrected chi connectivity index (χ2v) is 6.22. The van der Waals surface area contributed by atoms with Gasteiger partial charge in [0, 0.05) is 32.7 Å². The third kappa shape index (κ3) is 7.18. The van der Waals surface area contributed by atoms with Gasteiger partial charge in [-0.05, 0) is 18.8 Å². The Bertz CT molecular complexity index is 366. The molecule has 0 aliphatic carbocycles. The van der Waals surface area contributed by atoms with Crippen LogP contribution in [-0.2, 0) is 4.79 Å². The Morgan fingerprint density at radius 1 is 1.22 bits per heavy atom. The highest BCUT2D eigenvalue weighted by atomic mass is 16.3. The number of aliphatic hydroxyl groups excluding tert-OH is 1. The van der Waals surface area contributed by atoms with Crippen molar-refractivity contribution in [1.82, 2.24) is 20.9 Å². The van der Waals surface area contributed by atoms with E-state index in [2.05, 4.69) is 20.9 Å². The summed E-state index contributed by atoms with van der Waals surface area (Å²) in [4.78, 5) is 25.3. The number of nitrogens with one attached hydrogen (secondary N) is 3. The van der Waals surface area contributed by atoms with Crippen molar-refractivity contribution in [3.05, 3.63) is 0 Å². The first kappa shape index (κ1) is 19.7. The molecule has 1 unspecified atom stereocenters.